The summed E-state index contributed by atoms with van der Waals surface area (Å²) in [5, 5.41) is 50.2. The third-order valence-electron chi connectivity index (χ3n) is 11.0. The average molecular weight is 889 g/mol. The summed E-state index contributed by atoms with van der Waals surface area (Å²) in [6.45, 7) is 3.26. The highest BCUT2D eigenvalue weighted by atomic mass is 31.2. The molecule has 1 aliphatic carbocycles. The number of carbonyl (C=O) groups excluding carboxylic acids is 2. The van der Waals surface area contributed by atoms with Crippen LogP contribution in [0.15, 0.2) is 36.5 Å². The zero-order valence-corrected chi connectivity index (χ0v) is 38.6. The number of hydrogen-bond donors (Lipinski definition) is 6. The summed E-state index contributed by atoms with van der Waals surface area (Å²) < 4.78 is 33.5. The number of aliphatic hydroxyl groups excluding tert-OH is 5. The van der Waals surface area contributed by atoms with Crippen molar-refractivity contribution >= 4 is 19.8 Å². The number of hydrogen-bond acceptors (Lipinski definition) is 12. The highest BCUT2D eigenvalue weighted by Gasteiger charge is 2.51. The van der Waals surface area contributed by atoms with Gasteiger partial charge in [-0.1, -0.05) is 166 Å². The molecule has 0 aromatic heterocycles. The molecule has 0 aliphatic heterocycles. The third kappa shape index (κ3) is 30.0. The van der Waals surface area contributed by atoms with E-state index in [-0.39, 0.29) is 12.8 Å². The monoisotopic (exact) mass is 889 g/mol. The van der Waals surface area contributed by atoms with E-state index in [1.807, 2.05) is 0 Å². The Bertz CT molecular complexity index is 1210. The molecule has 0 amide bonds. The molecule has 13 nitrogen and oxygen atoms in total. The van der Waals surface area contributed by atoms with Crippen LogP contribution < -0.4 is 0 Å². The zero-order chi connectivity index (χ0) is 45.0. The van der Waals surface area contributed by atoms with Crippen LogP contribution in [0, 0.1) is 0 Å². The van der Waals surface area contributed by atoms with Crippen molar-refractivity contribution in [3.05, 3.63) is 36.5 Å². The minimum Gasteiger partial charge on any atom is -0.462 e. The molecule has 1 fully saturated rings. The molecular formula is C47H85O13P. The van der Waals surface area contributed by atoms with Crippen molar-refractivity contribution in [2.75, 3.05) is 13.2 Å². The van der Waals surface area contributed by atoms with Crippen molar-refractivity contribution in [2.45, 2.75) is 236 Å². The van der Waals surface area contributed by atoms with Gasteiger partial charge in [0.25, 0.3) is 0 Å². The van der Waals surface area contributed by atoms with Crippen LogP contribution in [0.3, 0.4) is 0 Å². The number of unbranched alkanes of at least 4 members (excludes halogenated alkanes) is 21. The number of phosphoric acid groups is 1. The lowest BCUT2D eigenvalue weighted by atomic mass is 9.85. The second-order valence-electron chi connectivity index (χ2n) is 16.6. The lowest BCUT2D eigenvalue weighted by Crippen LogP contribution is -2.64. The Morgan fingerprint density at radius 1 is 0.508 bits per heavy atom. The summed E-state index contributed by atoms with van der Waals surface area (Å²) in [6.07, 6.45) is 29.0. The number of rotatable bonds is 39. The van der Waals surface area contributed by atoms with E-state index in [2.05, 4.69) is 50.3 Å². The first-order chi connectivity index (χ1) is 29.4. The standard InChI is InChI=1S/C47H85O13P/c1-3-5-7-9-11-13-15-17-19-20-22-23-25-27-29-31-33-35-40(48)57-37-39(38-58-61(55,56)60-47-45(53)43(51)42(50)44(52)46(47)54)59-41(49)36-34-32-30-28-26-24-21-18-16-14-12-10-8-6-4-2/h11,13,17,19,22-23,39,42-47,50-54H,3-10,12,14-16,18,20-21,24-38H2,1-2H3,(H,55,56)/b13-11-,19-17-,23-22-/t39-,42?,43-,44?,45?,46?,47?/m1/s1. The number of phosphoric ester groups is 1. The first-order valence-corrected chi connectivity index (χ1v) is 25.3. The molecular weight excluding hydrogens is 803 g/mol. The van der Waals surface area contributed by atoms with Crippen molar-refractivity contribution < 1.29 is 63.1 Å². The Morgan fingerprint density at radius 2 is 0.885 bits per heavy atom. The van der Waals surface area contributed by atoms with Crippen LogP contribution in [0.25, 0.3) is 0 Å². The van der Waals surface area contributed by atoms with Crippen LogP contribution >= 0.6 is 7.82 Å². The SMILES string of the molecule is CCCCC/C=C\C/C=C\C/C=C\CCCCCCC(=O)OC[C@H](COP(=O)(O)OC1C(O)C(O)C(O)[C@@H](O)C1O)OC(=O)CCCCCCCCCCCCCCCCC. The van der Waals surface area contributed by atoms with Gasteiger partial charge >= 0.3 is 19.8 Å². The smallest absolute Gasteiger partial charge is 0.462 e. The molecule has 8 atom stereocenters. The molecule has 1 aliphatic rings. The molecule has 0 aromatic carbocycles. The van der Waals surface area contributed by atoms with Crippen LogP contribution in [-0.2, 0) is 32.7 Å². The molecule has 356 valence electrons. The largest absolute Gasteiger partial charge is 0.472 e. The number of esters is 2. The van der Waals surface area contributed by atoms with E-state index in [9.17, 15) is 44.6 Å². The minimum absolute atomic E-state index is 0.0945. The van der Waals surface area contributed by atoms with Gasteiger partial charge in [0.05, 0.1) is 6.61 Å². The summed E-state index contributed by atoms with van der Waals surface area (Å²) in [6, 6.07) is 0. The Morgan fingerprint density at radius 3 is 1.38 bits per heavy atom. The van der Waals surface area contributed by atoms with Gasteiger partial charge < -0.3 is 39.9 Å². The molecule has 61 heavy (non-hydrogen) atoms. The Labute approximate surface area is 368 Å². The maximum absolute atomic E-state index is 12.8. The van der Waals surface area contributed by atoms with Crippen molar-refractivity contribution in [2.24, 2.45) is 0 Å². The fourth-order valence-electron chi connectivity index (χ4n) is 7.12. The first kappa shape index (κ1) is 57.1. The minimum atomic E-state index is -5.12. The molecule has 0 spiro atoms. The Kier molecular flexibility index (Phi) is 35.0. The maximum Gasteiger partial charge on any atom is 0.472 e. The van der Waals surface area contributed by atoms with Crippen LogP contribution in [0.4, 0.5) is 0 Å². The number of aliphatic hydroxyl groups is 5. The molecule has 0 saturated heterocycles. The molecule has 0 heterocycles. The summed E-state index contributed by atoms with van der Waals surface area (Å²) in [4.78, 5) is 35.7. The van der Waals surface area contributed by atoms with Gasteiger partial charge in [-0.15, -0.1) is 0 Å². The van der Waals surface area contributed by atoms with E-state index in [4.69, 9.17) is 18.5 Å². The fourth-order valence-corrected chi connectivity index (χ4v) is 8.09. The van der Waals surface area contributed by atoms with E-state index in [0.717, 1.165) is 70.6 Å². The highest BCUT2D eigenvalue weighted by Crippen LogP contribution is 2.47. The van der Waals surface area contributed by atoms with Crippen molar-refractivity contribution in [3.63, 3.8) is 0 Å². The molecule has 1 rings (SSSR count). The van der Waals surface area contributed by atoms with Gasteiger partial charge in [-0.2, -0.15) is 0 Å². The van der Waals surface area contributed by atoms with Crippen LogP contribution in [0.2, 0.25) is 0 Å². The van der Waals surface area contributed by atoms with Crippen molar-refractivity contribution in [1.29, 1.82) is 0 Å². The van der Waals surface area contributed by atoms with Gasteiger partial charge in [0.15, 0.2) is 6.10 Å². The van der Waals surface area contributed by atoms with Crippen LogP contribution in [-0.4, -0.2) is 98.3 Å². The lowest BCUT2D eigenvalue weighted by molar-refractivity contribution is -0.220. The van der Waals surface area contributed by atoms with Crippen LogP contribution in [0.1, 0.15) is 194 Å². The van der Waals surface area contributed by atoms with Gasteiger partial charge in [0, 0.05) is 12.8 Å². The topological polar surface area (TPSA) is 210 Å². The predicted octanol–water partition coefficient (Wildman–Crippen LogP) is 9.39. The lowest BCUT2D eigenvalue weighted by Gasteiger charge is -2.41. The van der Waals surface area contributed by atoms with Gasteiger partial charge in [0.2, 0.25) is 0 Å². The quantitative estimate of drug-likeness (QED) is 0.0147. The first-order valence-electron chi connectivity index (χ1n) is 23.8. The van der Waals surface area contributed by atoms with E-state index in [1.165, 1.54) is 83.5 Å². The fraction of sp³-hybridized carbons (Fsp3) is 0.830. The number of carbonyl (C=O) groups is 2. The summed E-state index contributed by atoms with van der Waals surface area (Å²) in [5.41, 5.74) is 0. The third-order valence-corrected chi connectivity index (χ3v) is 12.0. The molecule has 14 heteroatoms. The number of ether oxygens (including phenoxy) is 2. The van der Waals surface area contributed by atoms with Gasteiger partial charge in [-0.05, 0) is 51.4 Å². The zero-order valence-electron chi connectivity index (χ0n) is 37.7. The summed E-state index contributed by atoms with van der Waals surface area (Å²) >= 11 is 0. The van der Waals surface area contributed by atoms with Crippen molar-refractivity contribution in [1.82, 2.24) is 0 Å². The van der Waals surface area contributed by atoms with E-state index >= 15 is 0 Å². The maximum atomic E-state index is 12.8. The number of allylic oxidation sites excluding steroid dienone is 6. The highest BCUT2D eigenvalue weighted by molar-refractivity contribution is 7.47. The molecule has 1 saturated carbocycles. The molecule has 6 unspecified atom stereocenters. The van der Waals surface area contributed by atoms with E-state index in [1.54, 1.807) is 0 Å². The van der Waals surface area contributed by atoms with Gasteiger partial charge in [-0.3, -0.25) is 18.6 Å². The van der Waals surface area contributed by atoms with Crippen LogP contribution in [0.5, 0.6) is 0 Å². The van der Waals surface area contributed by atoms with Gasteiger partial charge in [0.1, 0.15) is 43.2 Å². The second-order valence-corrected chi connectivity index (χ2v) is 18.0. The molecule has 6 N–H and O–H groups in total. The van der Waals surface area contributed by atoms with Crippen molar-refractivity contribution in [3.8, 4) is 0 Å². The van der Waals surface area contributed by atoms with E-state index < -0.39 is 75.7 Å². The molecule has 0 aromatic rings. The summed E-state index contributed by atoms with van der Waals surface area (Å²) in [5.74, 6) is -1.12. The summed E-state index contributed by atoms with van der Waals surface area (Å²) in [7, 11) is -5.12. The predicted molar refractivity (Wildman–Crippen MR) is 240 cm³/mol. The Balaban J connectivity index is 2.46. The molecule has 0 radical (unpaired) electrons. The van der Waals surface area contributed by atoms with E-state index in [0.29, 0.717) is 12.8 Å². The normalized spacial score (nSPS) is 22.3. The van der Waals surface area contributed by atoms with Gasteiger partial charge in [-0.25, -0.2) is 4.57 Å². The Hall–Kier alpha value is -1.93. The second kappa shape index (κ2) is 37.4. The molecule has 0 bridgehead atoms. The average Bonchev–Trinajstić information content (AvgIpc) is 3.24.